The lowest BCUT2D eigenvalue weighted by Crippen LogP contribution is -2.50. The molecule has 6 heteroatoms. The van der Waals surface area contributed by atoms with E-state index in [2.05, 4.69) is 51.5 Å². The van der Waals surface area contributed by atoms with Crippen LogP contribution >= 0.6 is 0 Å². The third-order valence-corrected chi connectivity index (χ3v) is 5.45. The standard InChI is InChI=1S/C20H28N4O2/c1-3-20-21-6-7-24(20)13-16(2)23-10-8-22(9-11-23)14-17-4-5-18-19(12-17)26-15-25-18/h4-7,12,16H,3,8-11,13-15H2,1-2H3. The summed E-state index contributed by atoms with van der Waals surface area (Å²) in [5, 5.41) is 0. The molecular weight excluding hydrogens is 328 g/mol. The number of ether oxygens (including phenoxy) is 2. The van der Waals surface area contributed by atoms with Gasteiger partial charge < -0.3 is 14.0 Å². The van der Waals surface area contributed by atoms with Crippen LogP contribution in [0.2, 0.25) is 0 Å². The first-order valence-corrected chi connectivity index (χ1v) is 9.58. The molecule has 0 bridgehead atoms. The fourth-order valence-electron chi connectivity index (χ4n) is 3.88. The summed E-state index contributed by atoms with van der Waals surface area (Å²) in [5.74, 6) is 2.92. The minimum Gasteiger partial charge on any atom is -0.454 e. The van der Waals surface area contributed by atoms with Crippen molar-refractivity contribution >= 4 is 0 Å². The van der Waals surface area contributed by atoms with Crippen LogP contribution in [0.3, 0.4) is 0 Å². The second-order valence-electron chi connectivity index (χ2n) is 7.20. The Bertz CT molecular complexity index is 737. The molecule has 0 aliphatic carbocycles. The van der Waals surface area contributed by atoms with Gasteiger partial charge in [-0.3, -0.25) is 9.80 Å². The van der Waals surface area contributed by atoms with Crippen LogP contribution in [-0.2, 0) is 19.5 Å². The molecule has 0 amide bonds. The van der Waals surface area contributed by atoms with Gasteiger partial charge in [0.2, 0.25) is 6.79 Å². The predicted octanol–water partition coefficient (Wildman–Crippen LogP) is 2.38. The highest BCUT2D eigenvalue weighted by Crippen LogP contribution is 2.32. The minimum absolute atomic E-state index is 0.339. The Hall–Kier alpha value is -2.05. The van der Waals surface area contributed by atoms with Crippen molar-refractivity contribution in [2.75, 3.05) is 33.0 Å². The van der Waals surface area contributed by atoms with E-state index in [9.17, 15) is 0 Å². The first-order valence-electron chi connectivity index (χ1n) is 9.58. The summed E-state index contributed by atoms with van der Waals surface area (Å²) in [6, 6.07) is 6.81. The Morgan fingerprint density at radius 3 is 2.73 bits per heavy atom. The Balaban J connectivity index is 1.28. The van der Waals surface area contributed by atoms with Gasteiger partial charge >= 0.3 is 0 Å². The monoisotopic (exact) mass is 356 g/mol. The molecular formula is C20H28N4O2. The topological polar surface area (TPSA) is 42.8 Å². The molecule has 0 saturated carbocycles. The molecule has 2 aromatic rings. The fraction of sp³-hybridized carbons (Fsp3) is 0.550. The maximum Gasteiger partial charge on any atom is 0.231 e. The highest BCUT2D eigenvalue weighted by molar-refractivity contribution is 5.44. The maximum absolute atomic E-state index is 5.49. The maximum atomic E-state index is 5.49. The number of benzene rings is 1. The van der Waals surface area contributed by atoms with E-state index >= 15 is 0 Å². The summed E-state index contributed by atoms with van der Waals surface area (Å²) in [6.45, 7) is 11.2. The molecule has 0 spiro atoms. The van der Waals surface area contributed by atoms with Crippen molar-refractivity contribution in [1.82, 2.24) is 19.4 Å². The van der Waals surface area contributed by atoms with Crippen LogP contribution in [0.4, 0.5) is 0 Å². The molecule has 1 unspecified atom stereocenters. The number of aromatic nitrogens is 2. The zero-order valence-electron chi connectivity index (χ0n) is 15.7. The summed E-state index contributed by atoms with van der Waals surface area (Å²) in [6.07, 6.45) is 5.00. The van der Waals surface area contributed by atoms with E-state index < -0.39 is 0 Å². The van der Waals surface area contributed by atoms with Crippen LogP contribution < -0.4 is 9.47 Å². The van der Waals surface area contributed by atoms with Crippen molar-refractivity contribution in [3.8, 4) is 11.5 Å². The first kappa shape index (κ1) is 17.4. The average Bonchev–Trinajstić information content (AvgIpc) is 3.30. The lowest BCUT2D eigenvalue weighted by molar-refractivity contribution is 0.0908. The quantitative estimate of drug-likeness (QED) is 0.795. The summed E-state index contributed by atoms with van der Waals surface area (Å²) in [5.41, 5.74) is 1.29. The lowest BCUT2D eigenvalue weighted by Gasteiger charge is -2.38. The van der Waals surface area contributed by atoms with Gasteiger partial charge in [0.05, 0.1) is 0 Å². The number of aryl methyl sites for hydroxylation is 1. The number of nitrogens with zero attached hydrogens (tertiary/aromatic N) is 4. The number of piperazine rings is 1. The van der Waals surface area contributed by atoms with E-state index in [4.69, 9.17) is 9.47 Å². The Morgan fingerprint density at radius 2 is 1.92 bits per heavy atom. The molecule has 26 heavy (non-hydrogen) atoms. The van der Waals surface area contributed by atoms with E-state index in [1.165, 1.54) is 11.4 Å². The van der Waals surface area contributed by atoms with Crippen LogP contribution in [-0.4, -0.2) is 58.4 Å². The van der Waals surface area contributed by atoms with Crippen LogP contribution in [0, 0.1) is 0 Å². The van der Waals surface area contributed by atoms with Crippen LogP contribution in [0.15, 0.2) is 30.6 Å². The number of hydrogen-bond donors (Lipinski definition) is 0. The molecule has 1 saturated heterocycles. The van der Waals surface area contributed by atoms with Gasteiger partial charge in [-0.2, -0.15) is 0 Å². The van der Waals surface area contributed by atoms with Crippen molar-refractivity contribution < 1.29 is 9.47 Å². The fourth-order valence-corrected chi connectivity index (χ4v) is 3.88. The number of hydrogen-bond acceptors (Lipinski definition) is 5. The number of fused-ring (bicyclic) bond motifs is 1. The van der Waals surface area contributed by atoms with E-state index in [-0.39, 0.29) is 0 Å². The molecule has 0 N–H and O–H groups in total. The SMILES string of the molecule is CCc1nccn1CC(C)N1CCN(Cc2ccc3c(c2)OCO3)CC1. The minimum atomic E-state index is 0.339. The molecule has 1 atom stereocenters. The van der Waals surface area contributed by atoms with Gasteiger partial charge in [-0.25, -0.2) is 4.98 Å². The summed E-state index contributed by atoms with van der Waals surface area (Å²) >= 11 is 0. The Kier molecular flexibility index (Phi) is 5.13. The molecule has 4 rings (SSSR count). The lowest BCUT2D eigenvalue weighted by atomic mass is 10.1. The van der Waals surface area contributed by atoms with Crippen LogP contribution in [0.25, 0.3) is 0 Å². The highest BCUT2D eigenvalue weighted by Gasteiger charge is 2.22. The molecule has 3 heterocycles. The van der Waals surface area contributed by atoms with Crippen LogP contribution in [0.1, 0.15) is 25.2 Å². The molecule has 1 aromatic heterocycles. The van der Waals surface area contributed by atoms with Gasteiger partial charge in [-0.1, -0.05) is 13.0 Å². The van der Waals surface area contributed by atoms with Gasteiger partial charge in [0.25, 0.3) is 0 Å². The van der Waals surface area contributed by atoms with E-state index in [0.717, 1.165) is 57.2 Å². The van der Waals surface area contributed by atoms with Crippen molar-refractivity contribution in [3.63, 3.8) is 0 Å². The molecule has 6 nitrogen and oxygen atoms in total. The average molecular weight is 356 g/mol. The smallest absolute Gasteiger partial charge is 0.231 e. The van der Waals surface area contributed by atoms with Gasteiger partial charge in [-0.15, -0.1) is 0 Å². The molecule has 140 valence electrons. The number of rotatable bonds is 6. The zero-order chi connectivity index (χ0) is 17.9. The molecule has 1 fully saturated rings. The third kappa shape index (κ3) is 3.71. The van der Waals surface area contributed by atoms with Gasteiger partial charge in [0.1, 0.15) is 5.82 Å². The summed E-state index contributed by atoms with van der Waals surface area (Å²) in [4.78, 5) is 9.55. The largest absolute Gasteiger partial charge is 0.454 e. The third-order valence-electron chi connectivity index (χ3n) is 5.45. The Labute approximate surface area is 155 Å². The zero-order valence-corrected chi connectivity index (χ0v) is 15.7. The van der Waals surface area contributed by atoms with Crippen LogP contribution in [0.5, 0.6) is 11.5 Å². The van der Waals surface area contributed by atoms with E-state index in [0.29, 0.717) is 12.8 Å². The Morgan fingerprint density at radius 1 is 1.12 bits per heavy atom. The summed E-state index contributed by atoms with van der Waals surface area (Å²) < 4.78 is 13.2. The van der Waals surface area contributed by atoms with Crippen molar-refractivity contribution in [1.29, 1.82) is 0 Å². The van der Waals surface area contributed by atoms with Gasteiger partial charge in [0.15, 0.2) is 11.5 Å². The predicted molar refractivity (Wildman–Crippen MR) is 100 cm³/mol. The van der Waals surface area contributed by atoms with Gasteiger partial charge in [0, 0.05) is 64.1 Å². The van der Waals surface area contributed by atoms with Crippen molar-refractivity contribution in [2.45, 2.75) is 39.4 Å². The van der Waals surface area contributed by atoms with Crippen molar-refractivity contribution in [2.24, 2.45) is 0 Å². The first-order chi connectivity index (χ1) is 12.7. The molecule has 2 aliphatic rings. The number of imidazole rings is 1. The van der Waals surface area contributed by atoms with Gasteiger partial charge in [-0.05, 0) is 24.6 Å². The molecule has 2 aliphatic heterocycles. The second-order valence-corrected chi connectivity index (χ2v) is 7.20. The normalized spacial score (nSPS) is 19.0. The second kappa shape index (κ2) is 7.68. The molecule has 0 radical (unpaired) electrons. The van der Waals surface area contributed by atoms with E-state index in [1.54, 1.807) is 0 Å². The van der Waals surface area contributed by atoms with Crippen molar-refractivity contribution in [3.05, 3.63) is 42.0 Å². The highest BCUT2D eigenvalue weighted by atomic mass is 16.7. The summed E-state index contributed by atoms with van der Waals surface area (Å²) in [7, 11) is 0. The van der Waals surface area contributed by atoms with E-state index in [1.807, 2.05) is 12.3 Å². The molecule has 1 aromatic carbocycles.